The number of halogens is 2. The van der Waals surface area contributed by atoms with Crippen molar-refractivity contribution >= 4 is 33.3 Å². The van der Waals surface area contributed by atoms with Gasteiger partial charge in [-0.05, 0) is 23.8 Å². The molecule has 0 unspecified atom stereocenters. The minimum atomic E-state index is -4.06. The van der Waals surface area contributed by atoms with Crippen LogP contribution in [0.1, 0.15) is 6.99 Å². The number of hydrogen-bond donors (Lipinski definition) is 1. The van der Waals surface area contributed by atoms with Crippen molar-refractivity contribution in [3.05, 3.63) is 33.8 Å². The average Bonchev–Trinajstić information content (AvgIpc) is 1.94. The van der Waals surface area contributed by atoms with E-state index in [1.54, 1.807) is 0 Å². The Labute approximate surface area is 136 Å². The van der Waals surface area contributed by atoms with Crippen LogP contribution in [0.25, 0.3) is 0 Å². The molecular formula is C7H7Cl2KO3S. The van der Waals surface area contributed by atoms with Crippen LogP contribution in [0, 0.1) is 0 Å². The second-order valence-corrected chi connectivity index (χ2v) is 4.76. The van der Waals surface area contributed by atoms with Crippen LogP contribution < -0.4 is 51.4 Å². The molecular weight excluding hydrogens is 274 g/mol. The van der Waals surface area contributed by atoms with Gasteiger partial charge in [0, 0.05) is 10.0 Å². The molecule has 0 amide bonds. The predicted molar refractivity (Wildman–Crippen MR) is 52.8 cm³/mol. The Morgan fingerprint density at radius 2 is 1.93 bits per heavy atom. The Hall–Kier alpha value is 1.35. The fraction of sp³-hybridized carbons (Fsp3) is 0.143. The minimum absolute atomic E-state index is 0. The first-order valence-electron chi connectivity index (χ1n) is 3.27. The fourth-order valence-electron chi connectivity index (χ4n) is 0.850. The van der Waals surface area contributed by atoms with E-state index in [9.17, 15) is 8.42 Å². The van der Waals surface area contributed by atoms with Gasteiger partial charge in [-0.3, -0.25) is 4.55 Å². The summed E-state index contributed by atoms with van der Waals surface area (Å²) in [6.45, 7) is 0. The second-order valence-electron chi connectivity index (χ2n) is 2.46. The van der Waals surface area contributed by atoms with Crippen molar-refractivity contribution in [2.75, 3.05) is 0 Å². The first-order chi connectivity index (χ1) is 5.88. The van der Waals surface area contributed by atoms with E-state index in [1.165, 1.54) is 18.2 Å². The van der Waals surface area contributed by atoms with Gasteiger partial charge in [-0.15, -0.1) is 0 Å². The zero-order valence-electron chi connectivity index (χ0n) is 8.37. The molecule has 14 heavy (non-hydrogen) atoms. The van der Waals surface area contributed by atoms with E-state index in [0.29, 0.717) is 5.02 Å². The van der Waals surface area contributed by atoms with Crippen molar-refractivity contribution < 1.29 is 65.8 Å². The van der Waals surface area contributed by atoms with Crippen LogP contribution in [0.4, 0.5) is 0 Å². The summed E-state index contributed by atoms with van der Waals surface area (Å²) in [4.78, 5) is 0. The molecule has 7 heteroatoms. The molecule has 1 aromatic rings. The van der Waals surface area contributed by atoms with Gasteiger partial charge in [0.1, 0.15) is 5.75 Å². The summed E-state index contributed by atoms with van der Waals surface area (Å²) in [5.74, 6) is -0.521. The van der Waals surface area contributed by atoms with E-state index >= 15 is 0 Å². The largest absolute Gasteiger partial charge is 1.00 e. The van der Waals surface area contributed by atoms with Crippen LogP contribution in [-0.4, -0.2) is 13.0 Å². The van der Waals surface area contributed by atoms with Gasteiger partial charge in [-0.2, -0.15) is 8.42 Å². The molecule has 3 nitrogen and oxygen atoms in total. The summed E-state index contributed by atoms with van der Waals surface area (Å²) in [5.41, 5.74) is 0.289. The molecule has 0 aliphatic rings. The third-order valence-corrected chi connectivity index (χ3v) is 2.63. The van der Waals surface area contributed by atoms with Crippen molar-refractivity contribution in [3.63, 3.8) is 0 Å². The van der Waals surface area contributed by atoms with Gasteiger partial charge in [-0.25, -0.2) is 0 Å². The Balaban J connectivity index is 0. The SMILES string of the molecule is O=S(=O)(O)Cc1cc(Cl)ccc1Cl.[H-].[K+]. The summed E-state index contributed by atoms with van der Waals surface area (Å²) in [6, 6.07) is 4.42. The summed E-state index contributed by atoms with van der Waals surface area (Å²) in [7, 11) is -4.06. The molecule has 0 saturated carbocycles. The predicted octanol–water partition coefficient (Wildman–Crippen LogP) is -0.502. The van der Waals surface area contributed by atoms with E-state index in [4.69, 9.17) is 27.8 Å². The van der Waals surface area contributed by atoms with Gasteiger partial charge in [0.05, 0.1) is 0 Å². The molecule has 0 spiro atoms. The van der Waals surface area contributed by atoms with E-state index in [1.807, 2.05) is 0 Å². The maximum atomic E-state index is 10.5. The van der Waals surface area contributed by atoms with E-state index < -0.39 is 15.9 Å². The molecule has 0 aromatic heterocycles. The number of benzene rings is 1. The zero-order chi connectivity index (χ0) is 10.1. The maximum Gasteiger partial charge on any atom is 1.00 e. The molecule has 0 radical (unpaired) electrons. The molecule has 0 aliphatic carbocycles. The molecule has 1 aromatic carbocycles. The summed E-state index contributed by atoms with van der Waals surface area (Å²) < 4.78 is 29.6. The standard InChI is InChI=1S/C7H6Cl2O3S.K.H/c8-6-1-2-7(9)5(3-6)4-13(10,11)12;;/h1-3H,4H2,(H,10,11,12);;/q;+1;-1. The van der Waals surface area contributed by atoms with Crippen molar-refractivity contribution in [1.29, 1.82) is 0 Å². The first-order valence-corrected chi connectivity index (χ1v) is 5.64. The second kappa shape index (κ2) is 6.17. The minimum Gasteiger partial charge on any atom is -1.00 e. The molecule has 0 saturated heterocycles. The molecule has 0 heterocycles. The number of rotatable bonds is 2. The third-order valence-electron chi connectivity index (χ3n) is 1.35. The third kappa shape index (κ3) is 5.44. The fourth-order valence-corrected chi connectivity index (χ4v) is 1.94. The van der Waals surface area contributed by atoms with Gasteiger partial charge in [0.2, 0.25) is 0 Å². The first kappa shape index (κ1) is 15.3. The molecule has 0 fully saturated rings. The van der Waals surface area contributed by atoms with Crippen LogP contribution >= 0.6 is 23.2 Å². The molecule has 0 atom stereocenters. The van der Waals surface area contributed by atoms with Crippen LogP contribution in [0.3, 0.4) is 0 Å². The topological polar surface area (TPSA) is 54.4 Å². The van der Waals surface area contributed by atoms with E-state index in [-0.39, 0.29) is 63.4 Å². The molecule has 74 valence electrons. The van der Waals surface area contributed by atoms with Gasteiger partial charge in [-0.1, -0.05) is 23.2 Å². The molecule has 0 aliphatic heterocycles. The summed E-state index contributed by atoms with van der Waals surface area (Å²) >= 11 is 11.3. The van der Waals surface area contributed by atoms with Crippen LogP contribution in [0.5, 0.6) is 0 Å². The summed E-state index contributed by atoms with van der Waals surface area (Å²) in [6.07, 6.45) is 0. The Bertz CT molecular complexity index is 424. The van der Waals surface area contributed by atoms with Gasteiger partial charge in [0.15, 0.2) is 0 Å². The Kier molecular flexibility index (Phi) is 6.77. The Morgan fingerprint density at radius 3 is 2.43 bits per heavy atom. The maximum absolute atomic E-state index is 10.5. The quantitative estimate of drug-likeness (QED) is 0.587. The van der Waals surface area contributed by atoms with Gasteiger partial charge in [0.25, 0.3) is 10.1 Å². The monoisotopic (exact) mass is 280 g/mol. The van der Waals surface area contributed by atoms with E-state index in [0.717, 1.165) is 0 Å². The number of hydrogen-bond acceptors (Lipinski definition) is 2. The summed E-state index contributed by atoms with van der Waals surface area (Å²) in [5, 5.41) is 0.644. The van der Waals surface area contributed by atoms with Crippen molar-refractivity contribution in [2.24, 2.45) is 0 Å². The van der Waals surface area contributed by atoms with Crippen LogP contribution in [0.15, 0.2) is 18.2 Å². The molecule has 1 N–H and O–H groups in total. The van der Waals surface area contributed by atoms with Gasteiger partial charge >= 0.3 is 51.4 Å². The Morgan fingerprint density at radius 1 is 1.36 bits per heavy atom. The average molecular weight is 281 g/mol. The normalized spacial score (nSPS) is 10.8. The van der Waals surface area contributed by atoms with Gasteiger partial charge < -0.3 is 1.43 Å². The zero-order valence-corrected chi connectivity index (χ0v) is 12.8. The van der Waals surface area contributed by atoms with Crippen molar-refractivity contribution in [1.82, 2.24) is 0 Å². The van der Waals surface area contributed by atoms with Crippen LogP contribution in [-0.2, 0) is 15.9 Å². The van der Waals surface area contributed by atoms with E-state index in [2.05, 4.69) is 0 Å². The van der Waals surface area contributed by atoms with Crippen LogP contribution in [0.2, 0.25) is 10.0 Å². The smallest absolute Gasteiger partial charge is 1.00 e. The van der Waals surface area contributed by atoms with Crippen molar-refractivity contribution in [2.45, 2.75) is 5.75 Å². The van der Waals surface area contributed by atoms with Crippen molar-refractivity contribution in [3.8, 4) is 0 Å². The molecule has 0 bridgehead atoms. The molecule has 1 rings (SSSR count).